The molecule has 1 saturated heterocycles. The van der Waals surface area contributed by atoms with E-state index in [2.05, 4.69) is 48.6 Å². The number of fused-ring (bicyclic) bond motifs is 1. The fourth-order valence-electron chi connectivity index (χ4n) is 10.5. The minimum Gasteiger partial charge on any atom is -0.508 e. The van der Waals surface area contributed by atoms with E-state index in [0.717, 1.165) is 59.1 Å². The standard InChI is InChI=1S/C47H51NO7/c1-3-28(22-29-8-5-4-6-9-29)24-40-47-20-18-35(36-15-16-37-39(17-12-30(27-50)19-21-49)54-45(52)42(37)43(36)47)41(44(47)46(53)55-40)38-25-33(51)13-14-34(38)32-11-7-10-31(23-32)26-48-2/h4-11,13-14,17,23-25,28,30,35-36,43,48-51H,3,12,15-16,18-22,26-27H2,1-2H3/t28-,30-,35+,36+,43+,47+/m0/s1. The average molecular weight is 742 g/mol. The molecule has 2 aliphatic heterocycles. The number of cyclic esters (lactones) is 2. The van der Waals surface area contributed by atoms with E-state index >= 15 is 0 Å². The van der Waals surface area contributed by atoms with Gasteiger partial charge in [0.05, 0.1) is 11.0 Å². The molecule has 8 nitrogen and oxygen atoms in total. The van der Waals surface area contributed by atoms with Gasteiger partial charge >= 0.3 is 11.9 Å². The smallest absolute Gasteiger partial charge is 0.340 e. The van der Waals surface area contributed by atoms with Gasteiger partial charge in [0.2, 0.25) is 0 Å². The Labute approximate surface area is 323 Å². The number of aliphatic hydroxyl groups excluding tert-OH is 2. The first-order chi connectivity index (χ1) is 26.8. The Kier molecular flexibility index (Phi) is 10.4. The summed E-state index contributed by atoms with van der Waals surface area (Å²) in [7, 11) is 1.92. The molecule has 286 valence electrons. The highest BCUT2D eigenvalue weighted by Gasteiger charge is 2.68. The van der Waals surface area contributed by atoms with Crippen molar-refractivity contribution in [3.05, 3.63) is 130 Å². The number of benzene rings is 3. The maximum absolute atomic E-state index is 14.7. The minimum atomic E-state index is -0.882. The number of phenolic OH excluding ortho intramolecular Hbond substituents is 1. The first kappa shape index (κ1) is 37.2. The third-order valence-corrected chi connectivity index (χ3v) is 12.9. The maximum Gasteiger partial charge on any atom is 0.340 e. The Morgan fingerprint density at radius 2 is 1.75 bits per heavy atom. The molecular weight excluding hydrogens is 691 g/mol. The normalized spacial score (nSPS) is 26.6. The van der Waals surface area contributed by atoms with E-state index in [-0.39, 0.29) is 60.5 Å². The molecule has 4 N–H and O–H groups in total. The molecule has 8 heteroatoms. The third-order valence-electron chi connectivity index (χ3n) is 12.9. The number of allylic oxidation sites excluding steroid dienone is 5. The van der Waals surface area contributed by atoms with Crippen LogP contribution in [-0.2, 0) is 32.0 Å². The van der Waals surface area contributed by atoms with Gasteiger partial charge in [-0.3, -0.25) is 0 Å². The van der Waals surface area contributed by atoms with E-state index in [1.807, 2.05) is 49.5 Å². The van der Waals surface area contributed by atoms with E-state index in [1.165, 1.54) is 5.56 Å². The fourth-order valence-corrected chi connectivity index (χ4v) is 10.5. The number of phenols is 1. The molecule has 1 spiro atoms. The molecule has 1 saturated carbocycles. The van der Waals surface area contributed by atoms with Crippen LogP contribution >= 0.6 is 0 Å². The van der Waals surface area contributed by atoms with Crippen LogP contribution in [0.5, 0.6) is 5.75 Å². The molecular formula is C47H51NO7. The largest absolute Gasteiger partial charge is 0.508 e. The predicted molar refractivity (Wildman–Crippen MR) is 211 cm³/mol. The van der Waals surface area contributed by atoms with E-state index in [4.69, 9.17) is 9.47 Å². The summed E-state index contributed by atoms with van der Waals surface area (Å²) in [6.45, 7) is 2.77. The fraction of sp³-hybridized carbons (Fsp3) is 0.404. The van der Waals surface area contributed by atoms with Crippen molar-refractivity contribution in [2.45, 2.75) is 64.8 Å². The average Bonchev–Trinajstić information content (AvgIpc) is 3.69. The Bertz CT molecular complexity index is 2110. The summed E-state index contributed by atoms with van der Waals surface area (Å²) in [6, 6.07) is 24.2. The predicted octanol–water partition coefficient (Wildman–Crippen LogP) is 7.80. The van der Waals surface area contributed by atoms with Gasteiger partial charge in [0.15, 0.2) is 0 Å². The number of carbonyl (C=O) groups excluding carboxylic acids is 2. The zero-order valence-corrected chi connectivity index (χ0v) is 31.7. The quantitative estimate of drug-likeness (QED) is 0.131. The van der Waals surface area contributed by atoms with Crippen molar-refractivity contribution in [2.75, 3.05) is 20.3 Å². The molecule has 9 rings (SSSR count). The Morgan fingerprint density at radius 3 is 2.51 bits per heavy atom. The van der Waals surface area contributed by atoms with Gasteiger partial charge < -0.3 is 30.1 Å². The SMILES string of the molecule is CC[C@H](C=C1OC(=O)C2=C(c3cc(O)ccc3-c3cccc(CNC)c3)[C@@H]3CC[C@]12[C@H]1C2=C(CC[C@H]31)C(=CC[C@H](CO)CCO)OC2=O)Cc1ccccc1. The Morgan fingerprint density at radius 1 is 0.927 bits per heavy atom. The molecule has 6 atom stereocenters. The molecule has 6 aliphatic rings. The van der Waals surface area contributed by atoms with E-state index < -0.39 is 5.41 Å². The maximum atomic E-state index is 14.7. The van der Waals surface area contributed by atoms with Crippen molar-refractivity contribution in [2.24, 2.45) is 35.0 Å². The minimum absolute atomic E-state index is 0.0261. The van der Waals surface area contributed by atoms with Crippen molar-refractivity contribution in [3.8, 4) is 16.9 Å². The summed E-state index contributed by atoms with van der Waals surface area (Å²) in [5.74, 6) is 0.211. The van der Waals surface area contributed by atoms with E-state index in [1.54, 1.807) is 6.07 Å². The highest BCUT2D eigenvalue weighted by molar-refractivity contribution is 6.07. The molecule has 2 bridgehead atoms. The van der Waals surface area contributed by atoms with Gasteiger partial charge in [-0.1, -0.05) is 61.5 Å². The van der Waals surface area contributed by atoms with Gasteiger partial charge in [-0.15, -0.1) is 0 Å². The number of esters is 2. The van der Waals surface area contributed by atoms with Gasteiger partial charge in [0.1, 0.15) is 17.3 Å². The molecule has 2 fully saturated rings. The number of carbonyl (C=O) groups is 2. The van der Waals surface area contributed by atoms with Crippen molar-refractivity contribution >= 4 is 17.5 Å². The third kappa shape index (κ3) is 6.48. The lowest BCUT2D eigenvalue weighted by Gasteiger charge is -2.56. The zero-order chi connectivity index (χ0) is 38.3. The Hall–Kier alpha value is -4.76. The molecule has 0 radical (unpaired) electrons. The van der Waals surface area contributed by atoms with Crippen LogP contribution in [0.15, 0.2) is 113 Å². The summed E-state index contributed by atoms with van der Waals surface area (Å²) < 4.78 is 12.6. The van der Waals surface area contributed by atoms with Crippen molar-refractivity contribution in [1.82, 2.24) is 5.32 Å². The van der Waals surface area contributed by atoms with Gasteiger partial charge in [-0.25, -0.2) is 9.59 Å². The second-order valence-corrected chi connectivity index (χ2v) is 16.0. The number of hydrogen-bond acceptors (Lipinski definition) is 8. The Balaban J connectivity index is 1.33. The number of hydrogen-bond donors (Lipinski definition) is 4. The molecule has 55 heavy (non-hydrogen) atoms. The van der Waals surface area contributed by atoms with Crippen LogP contribution in [0.2, 0.25) is 0 Å². The monoisotopic (exact) mass is 741 g/mol. The van der Waals surface area contributed by atoms with Gasteiger partial charge in [0, 0.05) is 36.8 Å². The zero-order valence-electron chi connectivity index (χ0n) is 31.7. The molecule has 4 aliphatic carbocycles. The lowest BCUT2D eigenvalue weighted by molar-refractivity contribution is -0.135. The van der Waals surface area contributed by atoms with Crippen LogP contribution in [0, 0.1) is 35.0 Å². The second kappa shape index (κ2) is 15.4. The summed E-state index contributed by atoms with van der Waals surface area (Å²) in [4.78, 5) is 28.9. The number of aromatic hydroxyl groups is 1. The molecule has 3 aromatic rings. The van der Waals surface area contributed by atoms with Crippen LogP contribution in [-0.4, -0.2) is 47.5 Å². The van der Waals surface area contributed by atoms with E-state index in [9.17, 15) is 24.9 Å². The number of ether oxygens (including phenoxy) is 2. The van der Waals surface area contributed by atoms with Gasteiger partial charge in [0.25, 0.3) is 0 Å². The molecule has 2 heterocycles. The lowest BCUT2D eigenvalue weighted by Crippen LogP contribution is -2.52. The second-order valence-electron chi connectivity index (χ2n) is 16.0. The lowest BCUT2D eigenvalue weighted by atomic mass is 9.44. The van der Waals surface area contributed by atoms with Gasteiger partial charge in [-0.05, 0) is 146 Å². The van der Waals surface area contributed by atoms with Crippen molar-refractivity contribution in [3.63, 3.8) is 0 Å². The van der Waals surface area contributed by atoms with Crippen LogP contribution in [0.4, 0.5) is 0 Å². The first-order valence-electron chi connectivity index (χ1n) is 20.0. The summed E-state index contributed by atoms with van der Waals surface area (Å²) >= 11 is 0. The summed E-state index contributed by atoms with van der Waals surface area (Å²) in [5.41, 5.74) is 7.34. The highest BCUT2D eigenvalue weighted by Crippen LogP contribution is 2.72. The molecule has 0 amide bonds. The topological polar surface area (TPSA) is 125 Å². The van der Waals surface area contributed by atoms with Crippen LogP contribution in [0.25, 0.3) is 16.7 Å². The van der Waals surface area contributed by atoms with Crippen LogP contribution in [0.1, 0.15) is 68.6 Å². The summed E-state index contributed by atoms with van der Waals surface area (Å²) in [6.07, 6.45) is 9.59. The van der Waals surface area contributed by atoms with Crippen molar-refractivity contribution < 1.29 is 34.4 Å². The highest BCUT2D eigenvalue weighted by atomic mass is 16.5. The van der Waals surface area contributed by atoms with E-state index in [0.29, 0.717) is 54.9 Å². The van der Waals surface area contributed by atoms with Crippen molar-refractivity contribution in [1.29, 1.82) is 0 Å². The summed E-state index contributed by atoms with van der Waals surface area (Å²) in [5, 5.41) is 33.7. The number of aliphatic hydroxyl groups is 2. The number of nitrogens with one attached hydrogen (secondary N) is 1. The van der Waals surface area contributed by atoms with Crippen LogP contribution in [0.3, 0.4) is 0 Å². The molecule has 0 aromatic heterocycles. The van der Waals surface area contributed by atoms with Gasteiger partial charge in [-0.2, -0.15) is 0 Å². The van der Waals surface area contributed by atoms with Crippen LogP contribution < -0.4 is 5.32 Å². The first-order valence-corrected chi connectivity index (χ1v) is 20.0. The number of rotatable bonds is 13. The molecule has 3 aromatic carbocycles. The molecule has 0 unspecified atom stereocenters.